The molecule has 0 aromatic heterocycles. The second-order valence-corrected chi connectivity index (χ2v) is 4.81. The van der Waals surface area contributed by atoms with Crippen molar-refractivity contribution in [2.45, 2.75) is 38.5 Å². The number of hydrogen-bond donors (Lipinski definition) is 2. The van der Waals surface area contributed by atoms with Gasteiger partial charge in [-0.1, -0.05) is 25.7 Å². The fourth-order valence-corrected chi connectivity index (χ4v) is 2.26. The van der Waals surface area contributed by atoms with Gasteiger partial charge in [-0.05, 0) is 12.3 Å². The number of amides is 2. The van der Waals surface area contributed by atoms with Gasteiger partial charge in [0.25, 0.3) is 0 Å². The molecule has 0 spiro atoms. The van der Waals surface area contributed by atoms with Crippen LogP contribution in [0.3, 0.4) is 0 Å². The molecule has 1 saturated carbocycles. The number of methoxy groups -OCH3 is 1. The Hall–Kier alpha value is -1.10. The Morgan fingerprint density at radius 3 is 2.56 bits per heavy atom. The molecule has 1 aliphatic rings. The minimum atomic E-state index is -0.165. The lowest BCUT2D eigenvalue weighted by molar-refractivity contribution is -0.126. The molecule has 5 nitrogen and oxygen atoms in total. The zero-order valence-corrected chi connectivity index (χ0v) is 11.2. The van der Waals surface area contributed by atoms with Gasteiger partial charge in [-0.15, -0.1) is 0 Å². The van der Waals surface area contributed by atoms with Crippen LogP contribution >= 0.6 is 0 Å². The van der Waals surface area contributed by atoms with Crippen molar-refractivity contribution < 1.29 is 14.3 Å². The lowest BCUT2D eigenvalue weighted by Gasteiger charge is -2.09. The van der Waals surface area contributed by atoms with E-state index < -0.39 is 0 Å². The third-order valence-electron chi connectivity index (χ3n) is 3.33. The minimum Gasteiger partial charge on any atom is -0.383 e. The molecular weight excluding hydrogens is 232 g/mol. The van der Waals surface area contributed by atoms with Crippen molar-refractivity contribution in [1.82, 2.24) is 10.6 Å². The van der Waals surface area contributed by atoms with Gasteiger partial charge in [0.2, 0.25) is 11.8 Å². The Bertz CT molecular complexity index is 263. The van der Waals surface area contributed by atoms with Crippen LogP contribution < -0.4 is 10.6 Å². The van der Waals surface area contributed by atoms with Gasteiger partial charge in [0, 0.05) is 20.1 Å². The van der Waals surface area contributed by atoms with Crippen LogP contribution in [0, 0.1) is 5.92 Å². The summed E-state index contributed by atoms with van der Waals surface area (Å²) in [6, 6.07) is 0. The van der Waals surface area contributed by atoms with Crippen molar-refractivity contribution in [2.75, 3.05) is 26.8 Å². The summed E-state index contributed by atoms with van der Waals surface area (Å²) in [6.45, 7) is 1.03. The van der Waals surface area contributed by atoms with E-state index in [1.807, 2.05) is 0 Å². The zero-order chi connectivity index (χ0) is 13.2. The van der Waals surface area contributed by atoms with Crippen LogP contribution in [0.5, 0.6) is 0 Å². The first-order chi connectivity index (χ1) is 8.72. The minimum absolute atomic E-state index is 0.0243. The van der Waals surface area contributed by atoms with Gasteiger partial charge in [0.05, 0.1) is 13.2 Å². The molecule has 1 rings (SSSR count). The lowest BCUT2D eigenvalue weighted by Crippen LogP contribution is -2.38. The van der Waals surface area contributed by atoms with Gasteiger partial charge in [0.1, 0.15) is 0 Å². The Morgan fingerprint density at radius 2 is 1.89 bits per heavy atom. The van der Waals surface area contributed by atoms with Crippen LogP contribution in [0.1, 0.15) is 38.5 Å². The maximum Gasteiger partial charge on any atom is 0.239 e. The van der Waals surface area contributed by atoms with Crippen LogP contribution in [0.25, 0.3) is 0 Å². The van der Waals surface area contributed by atoms with Gasteiger partial charge < -0.3 is 15.4 Å². The molecule has 18 heavy (non-hydrogen) atoms. The van der Waals surface area contributed by atoms with Gasteiger partial charge in [0.15, 0.2) is 0 Å². The smallest absolute Gasteiger partial charge is 0.239 e. The summed E-state index contributed by atoms with van der Waals surface area (Å²) in [5, 5.41) is 5.30. The van der Waals surface area contributed by atoms with E-state index in [4.69, 9.17) is 4.74 Å². The van der Waals surface area contributed by atoms with Gasteiger partial charge >= 0.3 is 0 Å². The number of nitrogens with one attached hydrogen (secondary N) is 2. The van der Waals surface area contributed by atoms with E-state index >= 15 is 0 Å². The number of ether oxygens (including phenoxy) is 1. The van der Waals surface area contributed by atoms with Crippen molar-refractivity contribution >= 4 is 11.8 Å². The average molecular weight is 256 g/mol. The molecule has 0 aromatic rings. The predicted octanol–water partition coefficient (Wildman–Crippen LogP) is 0.836. The van der Waals surface area contributed by atoms with E-state index in [1.165, 1.54) is 25.7 Å². The lowest BCUT2D eigenvalue weighted by atomic mass is 10.0. The second kappa shape index (κ2) is 8.91. The fraction of sp³-hybridized carbons (Fsp3) is 0.846. The fourth-order valence-electron chi connectivity index (χ4n) is 2.26. The maximum absolute atomic E-state index is 11.5. The van der Waals surface area contributed by atoms with Crippen LogP contribution in [-0.4, -0.2) is 38.6 Å². The van der Waals surface area contributed by atoms with Crippen molar-refractivity contribution in [3.8, 4) is 0 Å². The third kappa shape index (κ3) is 6.59. The molecule has 0 saturated heterocycles. The number of carbonyl (C=O) groups is 2. The first-order valence-corrected chi connectivity index (χ1v) is 6.74. The van der Waals surface area contributed by atoms with Gasteiger partial charge in [-0.3, -0.25) is 9.59 Å². The third-order valence-corrected chi connectivity index (χ3v) is 3.33. The highest BCUT2D eigenvalue weighted by Crippen LogP contribution is 2.28. The van der Waals surface area contributed by atoms with Gasteiger partial charge in [-0.2, -0.15) is 0 Å². The molecule has 2 amide bonds. The van der Waals surface area contributed by atoms with Crippen LogP contribution in [0.15, 0.2) is 0 Å². The SMILES string of the molecule is COCCNC(=O)CNC(=O)CCC1CCCC1. The summed E-state index contributed by atoms with van der Waals surface area (Å²) in [7, 11) is 1.58. The number of hydrogen-bond acceptors (Lipinski definition) is 3. The molecule has 0 radical (unpaired) electrons. The quantitative estimate of drug-likeness (QED) is 0.632. The molecular formula is C13H24N2O3. The number of carbonyl (C=O) groups excluding carboxylic acids is 2. The molecule has 1 fully saturated rings. The van der Waals surface area contributed by atoms with Crippen molar-refractivity contribution in [3.63, 3.8) is 0 Å². The first kappa shape index (κ1) is 15.0. The highest BCUT2D eigenvalue weighted by atomic mass is 16.5. The molecule has 0 bridgehead atoms. The Labute approximate surface area is 109 Å². The molecule has 0 unspecified atom stereocenters. The topological polar surface area (TPSA) is 67.4 Å². The summed E-state index contributed by atoms with van der Waals surface area (Å²) < 4.78 is 4.81. The molecule has 0 heterocycles. The molecule has 5 heteroatoms. The molecule has 1 aliphatic carbocycles. The maximum atomic E-state index is 11.5. The predicted molar refractivity (Wildman–Crippen MR) is 69.1 cm³/mol. The van der Waals surface area contributed by atoms with Crippen molar-refractivity contribution in [3.05, 3.63) is 0 Å². The van der Waals surface area contributed by atoms with E-state index in [1.54, 1.807) is 7.11 Å². The molecule has 0 aromatic carbocycles. The van der Waals surface area contributed by atoms with E-state index in [2.05, 4.69) is 10.6 Å². The molecule has 0 aliphatic heterocycles. The molecule has 0 atom stereocenters. The Morgan fingerprint density at radius 1 is 1.17 bits per heavy atom. The highest BCUT2D eigenvalue weighted by Gasteiger charge is 2.16. The Balaban J connectivity index is 1.99. The molecule has 104 valence electrons. The van der Waals surface area contributed by atoms with E-state index in [0.717, 1.165) is 6.42 Å². The summed E-state index contributed by atoms with van der Waals surface area (Å²) in [5.74, 6) is 0.524. The van der Waals surface area contributed by atoms with Crippen LogP contribution in [-0.2, 0) is 14.3 Å². The van der Waals surface area contributed by atoms with E-state index in [0.29, 0.717) is 25.5 Å². The average Bonchev–Trinajstić information content (AvgIpc) is 2.87. The van der Waals surface area contributed by atoms with E-state index in [9.17, 15) is 9.59 Å². The summed E-state index contributed by atoms with van der Waals surface area (Å²) in [6.07, 6.45) is 6.60. The van der Waals surface area contributed by atoms with Crippen LogP contribution in [0.4, 0.5) is 0 Å². The number of rotatable bonds is 8. The van der Waals surface area contributed by atoms with Crippen molar-refractivity contribution in [2.24, 2.45) is 5.92 Å². The van der Waals surface area contributed by atoms with E-state index in [-0.39, 0.29) is 18.4 Å². The normalized spacial score (nSPS) is 15.6. The highest BCUT2D eigenvalue weighted by molar-refractivity contribution is 5.84. The molecule has 2 N–H and O–H groups in total. The largest absolute Gasteiger partial charge is 0.383 e. The zero-order valence-electron chi connectivity index (χ0n) is 11.2. The monoisotopic (exact) mass is 256 g/mol. The summed E-state index contributed by atoms with van der Waals surface area (Å²) >= 11 is 0. The summed E-state index contributed by atoms with van der Waals surface area (Å²) in [5.41, 5.74) is 0. The van der Waals surface area contributed by atoms with Gasteiger partial charge in [-0.25, -0.2) is 0 Å². The standard InChI is InChI=1S/C13H24N2O3/c1-18-9-8-14-13(17)10-15-12(16)7-6-11-4-2-3-5-11/h11H,2-10H2,1H3,(H,14,17)(H,15,16). The Kier molecular flexibility index (Phi) is 7.41. The van der Waals surface area contributed by atoms with Crippen molar-refractivity contribution in [1.29, 1.82) is 0 Å². The first-order valence-electron chi connectivity index (χ1n) is 6.74. The summed E-state index contributed by atoms with van der Waals surface area (Å²) in [4.78, 5) is 22.8. The second-order valence-electron chi connectivity index (χ2n) is 4.81. The van der Waals surface area contributed by atoms with Crippen LogP contribution in [0.2, 0.25) is 0 Å².